The number of hydrogen-bond acceptors (Lipinski definition) is 5. The van der Waals surface area contributed by atoms with Gasteiger partial charge in [-0.3, -0.25) is 9.59 Å². The predicted molar refractivity (Wildman–Crippen MR) is 154 cm³/mol. The Morgan fingerprint density at radius 3 is 2.44 bits per heavy atom. The number of carbonyl (C=O) groups is 2. The molecule has 1 unspecified atom stereocenters. The molecule has 0 aromatic heterocycles. The number of amides is 2. The first kappa shape index (κ1) is 30.4. The molecule has 0 heterocycles. The second-order valence-corrected chi connectivity index (χ2v) is 10.4. The van der Waals surface area contributed by atoms with Crippen molar-refractivity contribution >= 4 is 57.2 Å². The smallest absolute Gasteiger partial charge is 0.262 e. The summed E-state index contributed by atoms with van der Waals surface area (Å²) in [6, 6.07) is 12.8. The van der Waals surface area contributed by atoms with Crippen LogP contribution < -0.4 is 20.2 Å². The number of nitrogens with one attached hydrogen (secondary N) is 2. The van der Waals surface area contributed by atoms with Gasteiger partial charge in [0.1, 0.15) is 18.5 Å². The normalized spacial score (nSPS) is 11.9. The molecule has 0 bridgehead atoms. The van der Waals surface area contributed by atoms with E-state index in [1.54, 1.807) is 44.2 Å². The van der Waals surface area contributed by atoms with E-state index in [1.165, 1.54) is 30.5 Å². The van der Waals surface area contributed by atoms with Gasteiger partial charge in [0.05, 0.1) is 17.3 Å². The minimum Gasteiger partial charge on any atom is -0.490 e. The molecule has 206 valence electrons. The summed E-state index contributed by atoms with van der Waals surface area (Å²) in [4.78, 5) is 25.3. The number of halogens is 4. The van der Waals surface area contributed by atoms with Crippen molar-refractivity contribution in [2.24, 2.45) is 11.0 Å². The fraction of sp³-hybridized carbons (Fsp3) is 0.250. The third-order valence-electron chi connectivity index (χ3n) is 5.45. The van der Waals surface area contributed by atoms with Crippen molar-refractivity contribution in [1.82, 2.24) is 10.7 Å². The van der Waals surface area contributed by atoms with Gasteiger partial charge in [-0.05, 0) is 82.9 Å². The molecular weight excluding hydrogens is 612 g/mol. The van der Waals surface area contributed by atoms with Crippen LogP contribution in [0.25, 0.3) is 0 Å². The van der Waals surface area contributed by atoms with Crippen molar-refractivity contribution in [3.05, 3.63) is 91.6 Å². The number of nitrogens with zero attached hydrogens (tertiary/aromatic N) is 1. The second kappa shape index (κ2) is 14.3. The van der Waals surface area contributed by atoms with Gasteiger partial charge in [0.15, 0.2) is 11.5 Å². The van der Waals surface area contributed by atoms with E-state index in [0.29, 0.717) is 38.2 Å². The second-order valence-electron chi connectivity index (χ2n) is 8.72. The molecule has 0 aliphatic heterocycles. The van der Waals surface area contributed by atoms with Crippen LogP contribution in [0.4, 0.5) is 4.39 Å². The number of hydrazone groups is 1. The lowest BCUT2D eigenvalue weighted by molar-refractivity contribution is -0.123. The van der Waals surface area contributed by atoms with Crippen LogP contribution in [0.15, 0.2) is 64.2 Å². The van der Waals surface area contributed by atoms with E-state index in [1.807, 2.05) is 6.92 Å². The quantitative estimate of drug-likeness (QED) is 0.179. The van der Waals surface area contributed by atoms with Crippen molar-refractivity contribution in [2.75, 3.05) is 6.61 Å². The van der Waals surface area contributed by atoms with E-state index in [0.717, 1.165) is 5.56 Å². The first-order chi connectivity index (χ1) is 18.6. The van der Waals surface area contributed by atoms with E-state index in [2.05, 4.69) is 31.8 Å². The fourth-order valence-corrected chi connectivity index (χ4v) is 4.49. The summed E-state index contributed by atoms with van der Waals surface area (Å²) in [5.74, 6) is -0.726. The average molecular weight is 639 g/mol. The maximum Gasteiger partial charge on any atom is 0.262 e. The van der Waals surface area contributed by atoms with Gasteiger partial charge in [-0.2, -0.15) is 5.10 Å². The van der Waals surface area contributed by atoms with Crippen molar-refractivity contribution in [2.45, 2.75) is 33.4 Å². The molecule has 0 aliphatic carbocycles. The van der Waals surface area contributed by atoms with Gasteiger partial charge in [0, 0.05) is 21.2 Å². The summed E-state index contributed by atoms with van der Waals surface area (Å²) in [5, 5.41) is 7.74. The third-order valence-corrected chi connectivity index (χ3v) is 6.63. The Bertz CT molecular complexity index is 1350. The molecule has 11 heteroatoms. The molecule has 2 N–H and O–H groups in total. The van der Waals surface area contributed by atoms with Gasteiger partial charge in [-0.25, -0.2) is 9.82 Å². The fourth-order valence-electron chi connectivity index (χ4n) is 3.45. The standard InChI is InChI=1S/C28H27BrCl2FN3O4/c1-4-38-24-12-17(11-22(29)26(24)39-15-19-5-8-20(30)13-23(19)31)14-33-35-28(37)25(16(2)3)34-27(36)18-6-9-21(32)10-7-18/h5-14,16,25H,4,15H2,1-3H3,(H,34,36)(H,35,37)/b33-14+. The SMILES string of the molecule is CCOc1cc(/C=N/NC(=O)C(NC(=O)c2ccc(F)cc2)C(C)C)cc(Br)c1OCc1ccc(Cl)cc1Cl. The number of ether oxygens (including phenoxy) is 2. The topological polar surface area (TPSA) is 89.0 Å². The minimum atomic E-state index is -0.860. The molecule has 7 nitrogen and oxygen atoms in total. The van der Waals surface area contributed by atoms with Crippen LogP contribution >= 0.6 is 39.1 Å². The lowest BCUT2D eigenvalue weighted by Gasteiger charge is -2.20. The highest BCUT2D eigenvalue weighted by atomic mass is 79.9. The molecular formula is C28H27BrCl2FN3O4. The maximum atomic E-state index is 13.2. The van der Waals surface area contributed by atoms with Crippen molar-refractivity contribution in [3.63, 3.8) is 0 Å². The molecule has 3 aromatic rings. The Hall–Kier alpha value is -3.14. The van der Waals surface area contributed by atoms with Crippen molar-refractivity contribution in [3.8, 4) is 11.5 Å². The average Bonchev–Trinajstić information content (AvgIpc) is 2.88. The van der Waals surface area contributed by atoms with Crippen LogP contribution in [0.5, 0.6) is 11.5 Å². The Labute approximate surface area is 244 Å². The van der Waals surface area contributed by atoms with Crippen LogP contribution in [-0.2, 0) is 11.4 Å². The zero-order chi connectivity index (χ0) is 28.5. The summed E-state index contributed by atoms with van der Waals surface area (Å²) in [6.45, 7) is 6.02. The molecule has 0 saturated heterocycles. The zero-order valence-corrected chi connectivity index (χ0v) is 24.5. The van der Waals surface area contributed by atoms with Crippen molar-refractivity contribution < 1.29 is 23.5 Å². The van der Waals surface area contributed by atoms with E-state index in [9.17, 15) is 14.0 Å². The van der Waals surface area contributed by atoms with E-state index in [4.69, 9.17) is 32.7 Å². The highest BCUT2D eigenvalue weighted by Crippen LogP contribution is 2.37. The van der Waals surface area contributed by atoms with Crippen LogP contribution in [0, 0.1) is 11.7 Å². The van der Waals surface area contributed by atoms with Crippen molar-refractivity contribution in [1.29, 1.82) is 0 Å². The number of hydrogen-bond donors (Lipinski definition) is 2. The summed E-state index contributed by atoms with van der Waals surface area (Å²) in [7, 11) is 0. The van der Waals surface area contributed by atoms with Crippen LogP contribution in [0.3, 0.4) is 0 Å². The van der Waals surface area contributed by atoms with E-state index < -0.39 is 23.7 Å². The van der Waals surface area contributed by atoms with Gasteiger partial charge in [-0.1, -0.05) is 43.1 Å². The van der Waals surface area contributed by atoms with E-state index in [-0.39, 0.29) is 18.1 Å². The Kier molecular flexibility index (Phi) is 11.2. The maximum absolute atomic E-state index is 13.2. The van der Waals surface area contributed by atoms with Gasteiger partial charge in [0.2, 0.25) is 0 Å². The minimum absolute atomic E-state index is 0.193. The molecule has 3 rings (SSSR count). The van der Waals surface area contributed by atoms with Gasteiger partial charge in [-0.15, -0.1) is 0 Å². The summed E-state index contributed by atoms with van der Waals surface area (Å²) in [6.07, 6.45) is 1.45. The van der Waals surface area contributed by atoms with Gasteiger partial charge >= 0.3 is 0 Å². The number of benzene rings is 3. The lowest BCUT2D eigenvalue weighted by Crippen LogP contribution is -2.48. The highest BCUT2D eigenvalue weighted by Gasteiger charge is 2.24. The largest absolute Gasteiger partial charge is 0.490 e. The third kappa shape index (κ3) is 8.68. The van der Waals surface area contributed by atoms with Crippen LogP contribution in [-0.4, -0.2) is 30.7 Å². The molecule has 39 heavy (non-hydrogen) atoms. The molecule has 2 amide bonds. The monoisotopic (exact) mass is 637 g/mol. The number of carbonyl (C=O) groups excluding carboxylic acids is 2. The van der Waals surface area contributed by atoms with Crippen LogP contribution in [0.1, 0.15) is 42.3 Å². The number of rotatable bonds is 11. The first-order valence-electron chi connectivity index (χ1n) is 12.0. The van der Waals surface area contributed by atoms with Gasteiger partial charge in [0.25, 0.3) is 11.8 Å². The lowest BCUT2D eigenvalue weighted by atomic mass is 10.0. The summed E-state index contributed by atoms with van der Waals surface area (Å²) in [5.41, 5.74) is 4.09. The molecule has 0 fully saturated rings. The zero-order valence-electron chi connectivity index (χ0n) is 21.4. The predicted octanol–water partition coefficient (Wildman–Crippen LogP) is 6.78. The Balaban J connectivity index is 1.69. The molecule has 0 spiro atoms. The molecule has 0 saturated carbocycles. The molecule has 3 aromatic carbocycles. The Morgan fingerprint density at radius 1 is 1.08 bits per heavy atom. The molecule has 0 radical (unpaired) electrons. The first-order valence-corrected chi connectivity index (χ1v) is 13.6. The Morgan fingerprint density at radius 2 is 1.79 bits per heavy atom. The molecule has 0 aliphatic rings. The summed E-state index contributed by atoms with van der Waals surface area (Å²) >= 11 is 15.7. The summed E-state index contributed by atoms with van der Waals surface area (Å²) < 4.78 is 25.5. The van der Waals surface area contributed by atoms with Crippen LogP contribution in [0.2, 0.25) is 10.0 Å². The van der Waals surface area contributed by atoms with E-state index >= 15 is 0 Å². The molecule has 1 atom stereocenters. The van der Waals surface area contributed by atoms with Gasteiger partial charge < -0.3 is 14.8 Å². The highest BCUT2D eigenvalue weighted by molar-refractivity contribution is 9.10.